The van der Waals surface area contributed by atoms with Crippen molar-refractivity contribution in [1.29, 1.82) is 0 Å². The Morgan fingerprint density at radius 2 is 1.94 bits per heavy atom. The van der Waals surface area contributed by atoms with Gasteiger partial charge in [0.15, 0.2) is 17.1 Å². The number of rotatable bonds is 9. The van der Waals surface area contributed by atoms with Crippen LogP contribution in [-0.4, -0.2) is 61.1 Å². The van der Waals surface area contributed by atoms with E-state index in [1.54, 1.807) is 9.47 Å². The van der Waals surface area contributed by atoms with E-state index in [2.05, 4.69) is 20.6 Å². The fourth-order valence-corrected chi connectivity index (χ4v) is 4.53. The molecule has 10 heteroatoms. The van der Waals surface area contributed by atoms with Crippen LogP contribution < -0.4 is 16.1 Å². The van der Waals surface area contributed by atoms with Crippen molar-refractivity contribution < 1.29 is 9.90 Å². The monoisotopic (exact) mass is 465 g/mol. The van der Waals surface area contributed by atoms with Gasteiger partial charge < -0.3 is 30.2 Å². The first-order valence-corrected chi connectivity index (χ1v) is 11.9. The Balaban J connectivity index is 1.17. The maximum Gasteiger partial charge on any atom is 0.274 e. The van der Waals surface area contributed by atoms with E-state index >= 15 is 0 Å². The topological polar surface area (TPSA) is 128 Å². The van der Waals surface area contributed by atoms with Crippen LogP contribution in [0.1, 0.15) is 60.0 Å². The lowest BCUT2D eigenvalue weighted by Crippen LogP contribution is -2.46. The molecule has 0 radical (unpaired) electrons. The van der Waals surface area contributed by atoms with Gasteiger partial charge in [-0.25, -0.2) is 9.97 Å². The van der Waals surface area contributed by atoms with E-state index in [0.29, 0.717) is 44.3 Å². The molecule has 4 heterocycles. The summed E-state index contributed by atoms with van der Waals surface area (Å²) >= 11 is 0. The van der Waals surface area contributed by atoms with Crippen LogP contribution >= 0.6 is 0 Å². The highest BCUT2D eigenvalue weighted by atomic mass is 16.3. The summed E-state index contributed by atoms with van der Waals surface area (Å²) in [5.41, 5.74) is 4.19. The quantitative estimate of drug-likeness (QED) is 0.352. The Morgan fingerprint density at radius 1 is 1.18 bits per heavy atom. The first kappa shape index (κ1) is 22.5. The molecule has 1 amide bonds. The molecule has 0 spiro atoms. The molecule has 10 nitrogen and oxygen atoms in total. The van der Waals surface area contributed by atoms with Gasteiger partial charge in [-0.3, -0.25) is 9.59 Å². The summed E-state index contributed by atoms with van der Waals surface area (Å²) in [6.45, 7) is 7.46. The second kappa shape index (κ2) is 9.19. The third-order valence-corrected chi connectivity index (χ3v) is 6.60. The van der Waals surface area contributed by atoms with Crippen molar-refractivity contribution in [2.45, 2.75) is 58.3 Å². The number of carbonyl (C=O) groups excluding carboxylic acids is 1. The van der Waals surface area contributed by atoms with Gasteiger partial charge in [-0.05, 0) is 26.7 Å². The normalized spacial score (nSPS) is 16.0. The molecule has 180 valence electrons. The number of H-pyrrole nitrogens is 1. The molecule has 1 aliphatic carbocycles. The lowest BCUT2D eigenvalue weighted by atomic mass is 10.1. The molecular weight excluding hydrogens is 434 g/mol. The molecule has 0 unspecified atom stereocenters. The number of hydrogen-bond acceptors (Lipinski definition) is 7. The minimum atomic E-state index is -0.522. The van der Waals surface area contributed by atoms with Gasteiger partial charge in [0.2, 0.25) is 5.43 Å². The third kappa shape index (κ3) is 4.30. The SMILES string of the molecule is CC(C)N1CCn2c(CNCCNCc3c[nH]c4ncc(C5CC5)nc34)cc(=O)c(O)c2C1=O. The summed E-state index contributed by atoms with van der Waals surface area (Å²) in [4.78, 5) is 39.3. The zero-order valence-electron chi connectivity index (χ0n) is 19.6. The number of pyridine rings is 1. The van der Waals surface area contributed by atoms with Crippen molar-refractivity contribution in [3.05, 3.63) is 51.3 Å². The number of nitrogens with zero attached hydrogens (tertiary/aromatic N) is 4. The number of amides is 1. The van der Waals surface area contributed by atoms with Crippen molar-refractivity contribution in [2.24, 2.45) is 0 Å². The fraction of sp³-hybridized carbons (Fsp3) is 0.500. The van der Waals surface area contributed by atoms with Crippen LogP contribution in [0, 0.1) is 0 Å². The highest BCUT2D eigenvalue weighted by Crippen LogP contribution is 2.39. The Labute approximate surface area is 197 Å². The van der Waals surface area contributed by atoms with Gasteiger partial charge in [0.05, 0.1) is 11.9 Å². The van der Waals surface area contributed by atoms with Crippen molar-refractivity contribution in [1.82, 2.24) is 35.1 Å². The molecule has 3 aromatic heterocycles. The molecule has 0 saturated heterocycles. The number of hydrogen-bond donors (Lipinski definition) is 4. The van der Waals surface area contributed by atoms with Gasteiger partial charge >= 0.3 is 0 Å². The first-order valence-electron chi connectivity index (χ1n) is 11.9. The van der Waals surface area contributed by atoms with Crippen molar-refractivity contribution in [3.63, 3.8) is 0 Å². The summed E-state index contributed by atoms with van der Waals surface area (Å²) in [7, 11) is 0. The van der Waals surface area contributed by atoms with Crippen molar-refractivity contribution >= 4 is 17.1 Å². The molecular formula is C24H31N7O3. The molecule has 0 aromatic carbocycles. The molecule has 1 aliphatic heterocycles. The predicted molar refractivity (Wildman–Crippen MR) is 128 cm³/mol. The number of aromatic hydroxyl groups is 1. The van der Waals surface area contributed by atoms with E-state index in [9.17, 15) is 14.7 Å². The van der Waals surface area contributed by atoms with Crippen LogP contribution in [0.5, 0.6) is 5.75 Å². The minimum absolute atomic E-state index is 0.00651. The first-order chi connectivity index (χ1) is 16.4. The van der Waals surface area contributed by atoms with E-state index in [4.69, 9.17) is 4.98 Å². The standard InChI is InChI=1S/C24H31N7O3/c1-14(2)30-7-8-31-17(9-19(32)22(33)21(31)24(30)34)12-26-6-5-25-10-16-11-27-23-20(16)29-18(13-28-23)15-3-4-15/h9,11,13-15,25-26,33H,3-8,10,12H2,1-2H3,(H,27,28). The Bertz CT molecular complexity index is 1280. The lowest BCUT2D eigenvalue weighted by molar-refractivity contribution is 0.0639. The van der Waals surface area contributed by atoms with E-state index in [1.807, 2.05) is 26.2 Å². The molecule has 3 aromatic rings. The average molecular weight is 466 g/mol. The molecule has 0 bridgehead atoms. The summed E-state index contributed by atoms with van der Waals surface area (Å²) in [5.74, 6) is -0.197. The lowest BCUT2D eigenvalue weighted by Gasteiger charge is -2.34. The second-order valence-electron chi connectivity index (χ2n) is 9.37. The fourth-order valence-electron chi connectivity index (χ4n) is 4.53. The highest BCUT2D eigenvalue weighted by Gasteiger charge is 2.31. The summed E-state index contributed by atoms with van der Waals surface area (Å²) in [6, 6.07) is 1.42. The highest BCUT2D eigenvalue weighted by molar-refractivity contribution is 5.96. The summed E-state index contributed by atoms with van der Waals surface area (Å²) in [6.07, 6.45) is 6.22. The molecule has 2 aliphatic rings. The third-order valence-electron chi connectivity index (χ3n) is 6.60. The van der Waals surface area contributed by atoms with Gasteiger partial charge in [-0.1, -0.05) is 0 Å². The van der Waals surface area contributed by atoms with Crippen LogP contribution in [0.2, 0.25) is 0 Å². The molecule has 0 atom stereocenters. The van der Waals surface area contributed by atoms with E-state index in [-0.39, 0.29) is 17.6 Å². The second-order valence-corrected chi connectivity index (χ2v) is 9.37. The zero-order valence-corrected chi connectivity index (χ0v) is 19.6. The molecule has 34 heavy (non-hydrogen) atoms. The van der Waals surface area contributed by atoms with Gasteiger partial charge in [0.25, 0.3) is 5.91 Å². The average Bonchev–Trinajstić information content (AvgIpc) is 3.59. The van der Waals surface area contributed by atoms with Gasteiger partial charge in [0, 0.05) is 74.7 Å². The van der Waals surface area contributed by atoms with Gasteiger partial charge in [-0.15, -0.1) is 0 Å². The number of aromatic nitrogens is 4. The number of aromatic amines is 1. The van der Waals surface area contributed by atoms with Crippen molar-refractivity contribution in [3.8, 4) is 5.75 Å². The molecule has 4 N–H and O–H groups in total. The predicted octanol–water partition coefficient (Wildman–Crippen LogP) is 1.45. The van der Waals surface area contributed by atoms with E-state index < -0.39 is 11.2 Å². The summed E-state index contributed by atoms with van der Waals surface area (Å²) < 4.78 is 1.76. The zero-order chi connectivity index (χ0) is 23.8. The molecule has 1 saturated carbocycles. The van der Waals surface area contributed by atoms with Crippen LogP contribution in [0.15, 0.2) is 23.3 Å². The smallest absolute Gasteiger partial charge is 0.274 e. The van der Waals surface area contributed by atoms with Gasteiger partial charge in [-0.2, -0.15) is 0 Å². The largest absolute Gasteiger partial charge is 0.503 e. The summed E-state index contributed by atoms with van der Waals surface area (Å²) in [5, 5.41) is 17.0. The van der Waals surface area contributed by atoms with E-state index in [1.165, 1.54) is 18.9 Å². The molecule has 5 rings (SSSR count). The Kier molecular flexibility index (Phi) is 6.09. The number of nitrogens with one attached hydrogen (secondary N) is 3. The maximum absolute atomic E-state index is 12.8. The minimum Gasteiger partial charge on any atom is -0.503 e. The van der Waals surface area contributed by atoms with Crippen LogP contribution in [0.25, 0.3) is 11.2 Å². The van der Waals surface area contributed by atoms with Crippen molar-refractivity contribution in [2.75, 3.05) is 19.6 Å². The molecule has 1 fully saturated rings. The van der Waals surface area contributed by atoms with Crippen LogP contribution in [0.3, 0.4) is 0 Å². The van der Waals surface area contributed by atoms with Crippen LogP contribution in [-0.2, 0) is 19.6 Å². The Hall–Kier alpha value is -3.24. The number of fused-ring (bicyclic) bond motifs is 2. The number of carbonyl (C=O) groups is 1. The Morgan fingerprint density at radius 3 is 2.68 bits per heavy atom. The maximum atomic E-state index is 12.8. The van der Waals surface area contributed by atoms with E-state index in [0.717, 1.165) is 29.0 Å². The van der Waals surface area contributed by atoms with Crippen LogP contribution in [0.4, 0.5) is 0 Å². The van der Waals surface area contributed by atoms with Gasteiger partial charge in [0.1, 0.15) is 5.52 Å².